The molecule has 0 aliphatic heterocycles. The van der Waals surface area contributed by atoms with Crippen molar-refractivity contribution in [3.63, 3.8) is 0 Å². The van der Waals surface area contributed by atoms with E-state index >= 15 is 0 Å². The summed E-state index contributed by atoms with van der Waals surface area (Å²) in [5.41, 5.74) is 0.932. The number of hydrogen-bond acceptors (Lipinski definition) is 2. The van der Waals surface area contributed by atoms with Gasteiger partial charge in [-0.15, -0.1) is 13.2 Å². The Labute approximate surface area is 124 Å². The summed E-state index contributed by atoms with van der Waals surface area (Å²) < 4.78 is 40.9. The van der Waals surface area contributed by atoms with Crippen LogP contribution in [0.15, 0.2) is 60.7 Å². The third kappa shape index (κ3) is 2.83. The zero-order chi connectivity index (χ0) is 15.7. The Morgan fingerprint density at radius 2 is 1.64 bits per heavy atom. The van der Waals surface area contributed by atoms with Gasteiger partial charge in [-0.25, -0.2) is 0 Å². The number of fused-ring (bicyclic) bond motifs is 1. The number of phenolic OH excluding ortho intramolecular Hbond substituents is 1. The molecule has 0 fully saturated rings. The van der Waals surface area contributed by atoms with E-state index in [0.717, 1.165) is 10.8 Å². The third-order valence-corrected chi connectivity index (χ3v) is 3.26. The summed E-state index contributed by atoms with van der Waals surface area (Å²) in [6.45, 7) is 0. The van der Waals surface area contributed by atoms with E-state index in [2.05, 4.69) is 4.74 Å². The van der Waals surface area contributed by atoms with E-state index in [0.29, 0.717) is 11.1 Å². The molecule has 0 atom stereocenters. The number of aromatic hydroxyl groups is 1. The van der Waals surface area contributed by atoms with Crippen LogP contribution in [0.2, 0.25) is 0 Å². The molecule has 0 spiro atoms. The molecule has 0 aliphatic carbocycles. The van der Waals surface area contributed by atoms with Gasteiger partial charge in [0.15, 0.2) is 0 Å². The molecule has 112 valence electrons. The molecule has 22 heavy (non-hydrogen) atoms. The Morgan fingerprint density at radius 3 is 2.41 bits per heavy atom. The fourth-order valence-corrected chi connectivity index (χ4v) is 2.41. The first-order valence-electron chi connectivity index (χ1n) is 6.51. The lowest BCUT2D eigenvalue weighted by Gasteiger charge is -2.12. The monoisotopic (exact) mass is 304 g/mol. The van der Waals surface area contributed by atoms with E-state index in [1.807, 2.05) is 18.2 Å². The molecule has 3 rings (SSSR count). The lowest BCUT2D eigenvalue weighted by atomic mass is 9.97. The van der Waals surface area contributed by atoms with Gasteiger partial charge in [-0.1, -0.05) is 42.5 Å². The van der Waals surface area contributed by atoms with Crippen LogP contribution in [0.3, 0.4) is 0 Å². The Kier molecular flexibility index (Phi) is 3.41. The second-order valence-electron chi connectivity index (χ2n) is 4.76. The first kappa shape index (κ1) is 14.3. The Morgan fingerprint density at radius 1 is 0.864 bits per heavy atom. The first-order valence-corrected chi connectivity index (χ1v) is 6.51. The minimum atomic E-state index is -4.75. The second kappa shape index (κ2) is 5.26. The van der Waals surface area contributed by atoms with Gasteiger partial charge in [-0.3, -0.25) is 0 Å². The molecule has 1 N–H and O–H groups in total. The van der Waals surface area contributed by atoms with Crippen LogP contribution >= 0.6 is 0 Å². The van der Waals surface area contributed by atoms with Crippen molar-refractivity contribution in [2.45, 2.75) is 6.36 Å². The van der Waals surface area contributed by atoms with Crippen molar-refractivity contribution >= 4 is 10.8 Å². The van der Waals surface area contributed by atoms with Gasteiger partial charge in [0.1, 0.15) is 11.5 Å². The van der Waals surface area contributed by atoms with Crippen LogP contribution < -0.4 is 4.74 Å². The van der Waals surface area contributed by atoms with Crippen LogP contribution in [0.4, 0.5) is 13.2 Å². The average Bonchev–Trinajstić information content (AvgIpc) is 2.45. The van der Waals surface area contributed by atoms with Crippen molar-refractivity contribution in [1.82, 2.24) is 0 Å². The average molecular weight is 304 g/mol. The molecule has 0 aromatic heterocycles. The van der Waals surface area contributed by atoms with Crippen LogP contribution in [0.5, 0.6) is 11.5 Å². The quantitative estimate of drug-likeness (QED) is 0.713. The lowest BCUT2D eigenvalue weighted by Crippen LogP contribution is -2.17. The van der Waals surface area contributed by atoms with Crippen molar-refractivity contribution in [3.8, 4) is 22.6 Å². The van der Waals surface area contributed by atoms with Gasteiger partial charge in [-0.2, -0.15) is 0 Å². The number of halogens is 3. The van der Waals surface area contributed by atoms with Crippen LogP contribution in [0, 0.1) is 0 Å². The van der Waals surface area contributed by atoms with Crippen LogP contribution in [-0.4, -0.2) is 11.5 Å². The molecule has 3 aromatic rings. The van der Waals surface area contributed by atoms with Gasteiger partial charge in [0.05, 0.1) is 0 Å². The third-order valence-electron chi connectivity index (χ3n) is 3.26. The van der Waals surface area contributed by atoms with Crippen LogP contribution in [0.25, 0.3) is 21.9 Å². The molecule has 0 radical (unpaired) electrons. The Bertz CT molecular complexity index is 825. The molecule has 0 saturated carbocycles. The largest absolute Gasteiger partial charge is 0.573 e. The molecule has 0 bridgehead atoms. The summed E-state index contributed by atoms with van der Waals surface area (Å²) in [4.78, 5) is 0. The van der Waals surface area contributed by atoms with Gasteiger partial charge < -0.3 is 9.84 Å². The molecule has 2 nitrogen and oxygen atoms in total. The topological polar surface area (TPSA) is 29.5 Å². The number of phenols is 1. The molecule has 3 aromatic carbocycles. The van der Waals surface area contributed by atoms with Gasteiger partial charge in [0.25, 0.3) is 0 Å². The maximum atomic E-state index is 12.3. The highest BCUT2D eigenvalue weighted by atomic mass is 19.4. The van der Waals surface area contributed by atoms with E-state index < -0.39 is 6.36 Å². The van der Waals surface area contributed by atoms with E-state index in [-0.39, 0.29) is 11.5 Å². The van der Waals surface area contributed by atoms with Gasteiger partial charge in [0.2, 0.25) is 0 Å². The molecule has 0 saturated heterocycles. The highest BCUT2D eigenvalue weighted by molar-refractivity contribution is 5.99. The molecule has 0 unspecified atom stereocenters. The van der Waals surface area contributed by atoms with Crippen LogP contribution in [0.1, 0.15) is 0 Å². The SMILES string of the molecule is Oc1ccc2ccccc2c1-c1cccc(OC(F)(F)F)c1. The molecule has 5 heteroatoms. The number of benzene rings is 3. The van der Waals surface area contributed by atoms with Crippen molar-refractivity contribution < 1.29 is 23.0 Å². The maximum absolute atomic E-state index is 12.3. The summed E-state index contributed by atoms with van der Waals surface area (Å²) in [6.07, 6.45) is -4.75. The predicted molar refractivity (Wildman–Crippen MR) is 77.7 cm³/mol. The number of alkyl halides is 3. The molecular formula is C17H11F3O2. The highest BCUT2D eigenvalue weighted by Crippen LogP contribution is 2.38. The lowest BCUT2D eigenvalue weighted by molar-refractivity contribution is -0.274. The first-order chi connectivity index (χ1) is 10.4. The van der Waals surface area contributed by atoms with E-state index in [4.69, 9.17) is 0 Å². The Hall–Kier alpha value is -2.69. The number of hydrogen-bond donors (Lipinski definition) is 1. The second-order valence-corrected chi connectivity index (χ2v) is 4.76. The summed E-state index contributed by atoms with van der Waals surface area (Å²) in [7, 11) is 0. The minimum absolute atomic E-state index is 0.00265. The summed E-state index contributed by atoms with van der Waals surface area (Å²) in [6, 6.07) is 16.2. The van der Waals surface area contributed by atoms with Gasteiger partial charge in [-0.05, 0) is 34.5 Å². The minimum Gasteiger partial charge on any atom is -0.507 e. The Balaban J connectivity index is 2.16. The van der Waals surface area contributed by atoms with Crippen LogP contribution in [-0.2, 0) is 0 Å². The zero-order valence-corrected chi connectivity index (χ0v) is 11.3. The van der Waals surface area contributed by atoms with Crippen molar-refractivity contribution in [2.24, 2.45) is 0 Å². The fraction of sp³-hybridized carbons (Fsp3) is 0.0588. The molecule has 0 heterocycles. The summed E-state index contributed by atoms with van der Waals surface area (Å²) in [5.74, 6) is -0.319. The summed E-state index contributed by atoms with van der Waals surface area (Å²) in [5, 5.41) is 11.8. The number of rotatable bonds is 2. The van der Waals surface area contributed by atoms with E-state index in [1.54, 1.807) is 18.2 Å². The standard InChI is InChI=1S/C17H11F3O2/c18-17(19,20)22-13-6-3-5-12(10-13)16-14-7-2-1-4-11(14)8-9-15(16)21/h1-10,21H. The van der Waals surface area contributed by atoms with Gasteiger partial charge in [0, 0.05) is 5.56 Å². The zero-order valence-electron chi connectivity index (χ0n) is 11.3. The van der Waals surface area contributed by atoms with Crippen molar-refractivity contribution in [3.05, 3.63) is 60.7 Å². The predicted octanol–water partition coefficient (Wildman–Crippen LogP) is 5.11. The van der Waals surface area contributed by atoms with Gasteiger partial charge >= 0.3 is 6.36 Å². The molecule has 0 aliphatic rings. The van der Waals surface area contributed by atoms with Crippen molar-refractivity contribution in [2.75, 3.05) is 0 Å². The summed E-state index contributed by atoms with van der Waals surface area (Å²) >= 11 is 0. The molecule has 0 amide bonds. The highest BCUT2D eigenvalue weighted by Gasteiger charge is 2.31. The van der Waals surface area contributed by atoms with E-state index in [1.165, 1.54) is 24.3 Å². The smallest absolute Gasteiger partial charge is 0.507 e. The molecular weight excluding hydrogens is 293 g/mol. The number of ether oxygens (including phenoxy) is 1. The van der Waals surface area contributed by atoms with E-state index in [9.17, 15) is 18.3 Å². The maximum Gasteiger partial charge on any atom is 0.573 e. The fourth-order valence-electron chi connectivity index (χ4n) is 2.41. The van der Waals surface area contributed by atoms with Crippen molar-refractivity contribution in [1.29, 1.82) is 0 Å². The normalized spacial score (nSPS) is 11.6.